The second kappa shape index (κ2) is 9.78. The van der Waals surface area contributed by atoms with E-state index in [2.05, 4.69) is 85.5 Å². The Labute approximate surface area is 186 Å². The minimum Gasteiger partial charge on any atom is -0.380 e. The summed E-state index contributed by atoms with van der Waals surface area (Å²) in [6, 6.07) is 27.3. The minimum absolute atomic E-state index is 0.110. The SMILES string of the molecule is CCc1ccc([C@](O)(c2cccc(C)c2)[C@@H](CN2CCOCC2)c2ccccc2)cc1. The molecule has 0 spiro atoms. The Kier molecular flexibility index (Phi) is 6.86. The lowest BCUT2D eigenvalue weighted by Crippen LogP contribution is -2.45. The van der Waals surface area contributed by atoms with Gasteiger partial charge in [0.15, 0.2) is 0 Å². The molecule has 3 heteroatoms. The molecule has 3 aromatic carbocycles. The summed E-state index contributed by atoms with van der Waals surface area (Å²) in [6.45, 7) is 8.29. The molecule has 2 atom stereocenters. The van der Waals surface area contributed by atoms with Gasteiger partial charge in [0.05, 0.1) is 13.2 Å². The Morgan fingerprint density at radius 2 is 1.61 bits per heavy atom. The van der Waals surface area contributed by atoms with Crippen molar-refractivity contribution in [3.63, 3.8) is 0 Å². The standard InChI is InChI=1S/C28H33NO2/c1-3-23-12-14-25(15-13-23)28(30,26-11-7-8-22(2)20-26)27(24-9-5-4-6-10-24)21-29-16-18-31-19-17-29/h4-15,20,27,30H,3,16-19,21H2,1-2H3/t27-,28-/m0/s1. The monoisotopic (exact) mass is 415 g/mol. The molecule has 0 aliphatic carbocycles. The van der Waals surface area contributed by atoms with Crippen LogP contribution in [-0.4, -0.2) is 42.9 Å². The summed E-state index contributed by atoms with van der Waals surface area (Å²) in [4.78, 5) is 2.42. The van der Waals surface area contributed by atoms with Gasteiger partial charge in [-0.05, 0) is 35.6 Å². The van der Waals surface area contributed by atoms with Crippen LogP contribution < -0.4 is 0 Å². The first-order valence-corrected chi connectivity index (χ1v) is 11.3. The van der Waals surface area contributed by atoms with Crippen molar-refractivity contribution in [1.82, 2.24) is 4.90 Å². The van der Waals surface area contributed by atoms with E-state index in [9.17, 15) is 5.11 Å². The third-order valence-corrected chi connectivity index (χ3v) is 6.51. The minimum atomic E-state index is -1.14. The average Bonchev–Trinajstić information content (AvgIpc) is 2.83. The molecule has 3 aromatic rings. The summed E-state index contributed by atoms with van der Waals surface area (Å²) in [5.74, 6) is -0.110. The zero-order valence-electron chi connectivity index (χ0n) is 18.6. The van der Waals surface area contributed by atoms with Gasteiger partial charge in [0, 0.05) is 25.6 Å². The molecule has 1 N–H and O–H groups in total. The Balaban J connectivity index is 1.86. The summed E-state index contributed by atoms with van der Waals surface area (Å²) < 4.78 is 5.58. The predicted octanol–water partition coefficient (Wildman–Crippen LogP) is 4.91. The maximum atomic E-state index is 12.6. The summed E-state index contributed by atoms with van der Waals surface area (Å²) in [5, 5.41) is 12.6. The number of rotatable bonds is 7. The molecule has 1 saturated heterocycles. The van der Waals surface area contributed by atoms with Crippen LogP contribution in [0.3, 0.4) is 0 Å². The number of benzene rings is 3. The van der Waals surface area contributed by atoms with Crippen molar-refractivity contribution in [1.29, 1.82) is 0 Å². The van der Waals surface area contributed by atoms with Crippen molar-refractivity contribution >= 4 is 0 Å². The van der Waals surface area contributed by atoms with Crippen molar-refractivity contribution < 1.29 is 9.84 Å². The van der Waals surface area contributed by atoms with E-state index >= 15 is 0 Å². The molecule has 3 nitrogen and oxygen atoms in total. The first-order valence-electron chi connectivity index (χ1n) is 11.3. The summed E-state index contributed by atoms with van der Waals surface area (Å²) in [5.41, 5.74) is 4.32. The number of hydrogen-bond donors (Lipinski definition) is 1. The number of hydrogen-bond acceptors (Lipinski definition) is 3. The van der Waals surface area contributed by atoms with Gasteiger partial charge in [-0.3, -0.25) is 4.90 Å². The molecule has 0 unspecified atom stereocenters. The van der Waals surface area contributed by atoms with E-state index in [-0.39, 0.29) is 5.92 Å². The average molecular weight is 416 g/mol. The van der Waals surface area contributed by atoms with Gasteiger partial charge in [-0.2, -0.15) is 0 Å². The molecular weight excluding hydrogens is 382 g/mol. The molecule has 0 bridgehead atoms. The second-order valence-corrected chi connectivity index (χ2v) is 8.56. The fourth-order valence-corrected chi connectivity index (χ4v) is 4.65. The molecule has 1 heterocycles. The van der Waals surface area contributed by atoms with Crippen molar-refractivity contribution in [3.8, 4) is 0 Å². The number of aryl methyl sites for hydroxylation is 2. The van der Waals surface area contributed by atoms with E-state index in [1.165, 1.54) is 5.56 Å². The van der Waals surface area contributed by atoms with Gasteiger partial charge in [-0.1, -0.05) is 91.3 Å². The molecule has 0 aromatic heterocycles. The van der Waals surface area contributed by atoms with Crippen molar-refractivity contribution in [2.24, 2.45) is 0 Å². The van der Waals surface area contributed by atoms with E-state index < -0.39 is 5.60 Å². The lowest BCUT2D eigenvalue weighted by Gasteiger charge is -2.41. The van der Waals surface area contributed by atoms with Gasteiger partial charge in [-0.25, -0.2) is 0 Å². The number of nitrogens with zero attached hydrogens (tertiary/aromatic N) is 1. The lowest BCUT2D eigenvalue weighted by atomic mass is 9.72. The quantitative estimate of drug-likeness (QED) is 0.595. The summed E-state index contributed by atoms with van der Waals surface area (Å²) >= 11 is 0. The zero-order valence-corrected chi connectivity index (χ0v) is 18.6. The van der Waals surface area contributed by atoms with Crippen LogP contribution >= 0.6 is 0 Å². The maximum absolute atomic E-state index is 12.6. The molecule has 31 heavy (non-hydrogen) atoms. The summed E-state index contributed by atoms with van der Waals surface area (Å²) in [6.07, 6.45) is 0.985. The van der Waals surface area contributed by atoms with Crippen LogP contribution in [0.25, 0.3) is 0 Å². The first kappa shape index (κ1) is 21.8. The van der Waals surface area contributed by atoms with E-state index in [1.807, 2.05) is 12.1 Å². The fourth-order valence-electron chi connectivity index (χ4n) is 4.65. The van der Waals surface area contributed by atoms with Crippen LogP contribution in [0.4, 0.5) is 0 Å². The maximum Gasteiger partial charge on any atom is 0.123 e. The van der Waals surface area contributed by atoms with Crippen LogP contribution in [0.5, 0.6) is 0 Å². The van der Waals surface area contributed by atoms with Crippen LogP contribution in [0.1, 0.15) is 40.7 Å². The van der Waals surface area contributed by atoms with Crippen LogP contribution in [0, 0.1) is 6.92 Å². The highest BCUT2D eigenvalue weighted by Crippen LogP contribution is 2.43. The highest BCUT2D eigenvalue weighted by molar-refractivity contribution is 5.44. The van der Waals surface area contributed by atoms with Gasteiger partial charge in [0.2, 0.25) is 0 Å². The van der Waals surface area contributed by atoms with Gasteiger partial charge in [0.25, 0.3) is 0 Å². The van der Waals surface area contributed by atoms with Crippen molar-refractivity contribution in [3.05, 3.63) is 107 Å². The molecule has 0 saturated carbocycles. The normalized spacial score (nSPS) is 17.8. The van der Waals surface area contributed by atoms with Crippen LogP contribution in [-0.2, 0) is 16.8 Å². The van der Waals surface area contributed by atoms with Gasteiger partial charge >= 0.3 is 0 Å². The van der Waals surface area contributed by atoms with E-state index in [1.54, 1.807) is 0 Å². The lowest BCUT2D eigenvalue weighted by molar-refractivity contribution is 0.000742. The second-order valence-electron chi connectivity index (χ2n) is 8.56. The molecule has 1 aliphatic heterocycles. The molecule has 0 radical (unpaired) electrons. The smallest absolute Gasteiger partial charge is 0.123 e. The Hall–Kier alpha value is -2.46. The van der Waals surface area contributed by atoms with Gasteiger partial charge in [-0.15, -0.1) is 0 Å². The largest absolute Gasteiger partial charge is 0.380 e. The van der Waals surface area contributed by atoms with E-state index in [4.69, 9.17) is 4.74 Å². The van der Waals surface area contributed by atoms with E-state index in [0.29, 0.717) is 0 Å². The number of morpholine rings is 1. The number of aliphatic hydroxyl groups is 1. The van der Waals surface area contributed by atoms with Gasteiger partial charge < -0.3 is 9.84 Å². The third-order valence-electron chi connectivity index (χ3n) is 6.51. The zero-order chi connectivity index (χ0) is 21.7. The van der Waals surface area contributed by atoms with Crippen LogP contribution in [0.2, 0.25) is 0 Å². The Morgan fingerprint density at radius 3 is 2.26 bits per heavy atom. The van der Waals surface area contributed by atoms with E-state index in [0.717, 1.165) is 61.5 Å². The first-order chi connectivity index (χ1) is 15.1. The van der Waals surface area contributed by atoms with Crippen molar-refractivity contribution in [2.45, 2.75) is 31.8 Å². The molecule has 162 valence electrons. The summed E-state index contributed by atoms with van der Waals surface area (Å²) in [7, 11) is 0. The number of ether oxygens (including phenoxy) is 1. The molecule has 0 amide bonds. The van der Waals surface area contributed by atoms with Gasteiger partial charge in [0.1, 0.15) is 5.60 Å². The highest BCUT2D eigenvalue weighted by atomic mass is 16.5. The van der Waals surface area contributed by atoms with Crippen molar-refractivity contribution in [2.75, 3.05) is 32.8 Å². The topological polar surface area (TPSA) is 32.7 Å². The predicted molar refractivity (Wildman–Crippen MR) is 126 cm³/mol. The molecule has 1 aliphatic rings. The fraction of sp³-hybridized carbons (Fsp3) is 0.357. The molecule has 1 fully saturated rings. The third kappa shape index (κ3) is 4.74. The Morgan fingerprint density at radius 1 is 0.903 bits per heavy atom. The Bertz CT molecular complexity index is 964. The van der Waals surface area contributed by atoms with Crippen LogP contribution in [0.15, 0.2) is 78.9 Å². The molecule has 4 rings (SSSR count). The molecular formula is C28H33NO2. The highest BCUT2D eigenvalue weighted by Gasteiger charge is 2.42.